The number of fused-ring (bicyclic) bond motifs is 4. The maximum atomic E-state index is 14.2. The van der Waals surface area contributed by atoms with Gasteiger partial charge in [-0.15, -0.1) is 0 Å². The molecule has 0 bridgehead atoms. The highest BCUT2D eigenvalue weighted by Gasteiger charge is 2.33. The zero-order valence-electron chi connectivity index (χ0n) is 10.9. The van der Waals surface area contributed by atoms with Crippen LogP contribution in [0.25, 0.3) is 0 Å². The van der Waals surface area contributed by atoms with Gasteiger partial charge in [-0.05, 0) is 29.7 Å². The average molecular weight is 272 g/mol. The number of halogens is 2. The number of nitrogens with zero attached hydrogens (tertiary/aromatic N) is 1. The Hall–Kier alpha value is -2.10. The van der Waals surface area contributed by atoms with Crippen LogP contribution in [0.5, 0.6) is 0 Å². The molecule has 4 rings (SSSR count). The van der Waals surface area contributed by atoms with Gasteiger partial charge in [-0.2, -0.15) is 0 Å². The average Bonchev–Trinajstić information content (AvgIpc) is 2.48. The summed E-state index contributed by atoms with van der Waals surface area (Å²) in [4.78, 5) is 1.99. The Bertz CT molecular complexity index is 684. The van der Waals surface area contributed by atoms with Gasteiger partial charge < -0.3 is 10.2 Å². The van der Waals surface area contributed by atoms with Gasteiger partial charge in [-0.3, -0.25) is 0 Å². The Morgan fingerprint density at radius 1 is 1.05 bits per heavy atom. The number of rotatable bonds is 0. The third-order valence-corrected chi connectivity index (χ3v) is 4.24. The van der Waals surface area contributed by atoms with E-state index in [1.807, 2.05) is 17.0 Å². The highest BCUT2D eigenvalue weighted by Crippen LogP contribution is 2.39. The molecule has 2 nitrogen and oxygen atoms in total. The third kappa shape index (κ3) is 1.60. The van der Waals surface area contributed by atoms with E-state index in [-0.39, 0.29) is 6.04 Å². The number of anilines is 2. The van der Waals surface area contributed by atoms with Crippen molar-refractivity contribution < 1.29 is 8.78 Å². The lowest BCUT2D eigenvalue weighted by Crippen LogP contribution is -2.48. The van der Waals surface area contributed by atoms with Crippen LogP contribution in [0.1, 0.15) is 11.1 Å². The minimum atomic E-state index is -0.787. The first kappa shape index (κ1) is 11.7. The second kappa shape index (κ2) is 4.20. The molecule has 0 spiro atoms. The molecule has 2 aromatic rings. The standard InChI is InChI=1S/C16H14F2N2/c17-13-5-6-14-16(15(13)18)20-9-11-4-2-1-3-10(11)7-12(20)8-19-14/h1-6,12,19H,7-9H2. The highest BCUT2D eigenvalue weighted by molar-refractivity contribution is 5.74. The molecule has 2 aliphatic heterocycles. The van der Waals surface area contributed by atoms with Gasteiger partial charge in [0.15, 0.2) is 11.6 Å². The lowest BCUT2D eigenvalue weighted by molar-refractivity contribution is 0.488. The number of hydrogen-bond acceptors (Lipinski definition) is 2. The molecule has 2 heterocycles. The first-order valence-corrected chi connectivity index (χ1v) is 6.79. The Labute approximate surface area is 116 Å². The molecule has 0 fully saturated rings. The van der Waals surface area contributed by atoms with E-state index >= 15 is 0 Å². The summed E-state index contributed by atoms with van der Waals surface area (Å²) in [5, 5.41) is 3.21. The lowest BCUT2D eigenvalue weighted by atomic mass is 9.91. The van der Waals surface area contributed by atoms with Crippen molar-refractivity contribution >= 4 is 11.4 Å². The zero-order valence-corrected chi connectivity index (χ0v) is 10.9. The van der Waals surface area contributed by atoms with E-state index in [1.54, 1.807) is 6.07 Å². The minimum absolute atomic E-state index is 0.175. The molecule has 0 amide bonds. The molecular formula is C16H14F2N2. The van der Waals surface area contributed by atoms with Gasteiger partial charge in [-0.1, -0.05) is 24.3 Å². The summed E-state index contributed by atoms with van der Waals surface area (Å²) in [5.74, 6) is -1.54. The SMILES string of the molecule is Fc1ccc2c(c1F)N1Cc3ccccc3CC1CN2. The molecule has 1 atom stereocenters. The second-order valence-electron chi connectivity index (χ2n) is 5.39. The molecule has 0 aromatic heterocycles. The fraction of sp³-hybridized carbons (Fsp3) is 0.250. The molecule has 2 aliphatic rings. The Kier molecular flexibility index (Phi) is 2.46. The van der Waals surface area contributed by atoms with Crippen molar-refractivity contribution in [1.29, 1.82) is 0 Å². The molecule has 0 radical (unpaired) electrons. The second-order valence-corrected chi connectivity index (χ2v) is 5.39. The van der Waals surface area contributed by atoms with Crippen molar-refractivity contribution in [2.75, 3.05) is 16.8 Å². The van der Waals surface area contributed by atoms with Gasteiger partial charge in [0.2, 0.25) is 0 Å². The Balaban J connectivity index is 1.83. The van der Waals surface area contributed by atoms with Crippen LogP contribution < -0.4 is 10.2 Å². The van der Waals surface area contributed by atoms with Crippen LogP contribution in [-0.2, 0) is 13.0 Å². The minimum Gasteiger partial charge on any atom is -0.381 e. The predicted octanol–water partition coefficient (Wildman–Crippen LogP) is 3.32. The first-order chi connectivity index (χ1) is 9.74. The van der Waals surface area contributed by atoms with Crippen molar-refractivity contribution in [3.05, 3.63) is 59.2 Å². The molecule has 0 saturated carbocycles. The topological polar surface area (TPSA) is 15.3 Å². The van der Waals surface area contributed by atoms with Gasteiger partial charge in [0.05, 0.1) is 11.7 Å². The summed E-state index contributed by atoms with van der Waals surface area (Å²) in [7, 11) is 0. The van der Waals surface area contributed by atoms with Crippen LogP contribution in [0.15, 0.2) is 36.4 Å². The van der Waals surface area contributed by atoms with E-state index in [4.69, 9.17) is 0 Å². The maximum absolute atomic E-state index is 14.2. The molecule has 2 aromatic carbocycles. The zero-order chi connectivity index (χ0) is 13.7. The van der Waals surface area contributed by atoms with E-state index in [1.165, 1.54) is 17.2 Å². The lowest BCUT2D eigenvalue weighted by Gasteiger charge is -2.43. The normalized spacial score (nSPS) is 19.7. The van der Waals surface area contributed by atoms with E-state index < -0.39 is 11.6 Å². The monoisotopic (exact) mass is 272 g/mol. The van der Waals surface area contributed by atoms with Crippen molar-refractivity contribution in [2.24, 2.45) is 0 Å². The summed E-state index contributed by atoms with van der Waals surface area (Å²) in [6, 6.07) is 11.2. The van der Waals surface area contributed by atoms with Crippen molar-refractivity contribution in [2.45, 2.75) is 19.0 Å². The van der Waals surface area contributed by atoms with E-state index in [0.29, 0.717) is 17.9 Å². The van der Waals surface area contributed by atoms with E-state index in [2.05, 4.69) is 17.4 Å². The Morgan fingerprint density at radius 2 is 1.85 bits per heavy atom. The van der Waals surface area contributed by atoms with E-state index in [0.717, 1.165) is 13.0 Å². The molecule has 1 N–H and O–H groups in total. The number of benzene rings is 2. The molecule has 102 valence electrons. The van der Waals surface area contributed by atoms with Crippen LogP contribution in [0, 0.1) is 11.6 Å². The quantitative estimate of drug-likeness (QED) is 0.791. The molecule has 4 heteroatoms. The maximum Gasteiger partial charge on any atom is 0.184 e. The van der Waals surface area contributed by atoms with Gasteiger partial charge in [0, 0.05) is 13.1 Å². The van der Waals surface area contributed by atoms with Gasteiger partial charge in [0.25, 0.3) is 0 Å². The number of hydrogen-bond donors (Lipinski definition) is 1. The third-order valence-electron chi connectivity index (χ3n) is 4.24. The summed E-state index contributed by atoms with van der Waals surface area (Å²) >= 11 is 0. The van der Waals surface area contributed by atoms with Gasteiger partial charge in [-0.25, -0.2) is 8.78 Å². The Morgan fingerprint density at radius 3 is 2.70 bits per heavy atom. The van der Waals surface area contributed by atoms with Crippen molar-refractivity contribution in [1.82, 2.24) is 0 Å². The number of nitrogens with one attached hydrogen (secondary N) is 1. The van der Waals surface area contributed by atoms with Gasteiger partial charge >= 0.3 is 0 Å². The highest BCUT2D eigenvalue weighted by atomic mass is 19.2. The fourth-order valence-electron chi connectivity index (χ4n) is 3.22. The van der Waals surface area contributed by atoms with Gasteiger partial charge in [0.1, 0.15) is 5.69 Å². The molecule has 0 saturated heterocycles. The van der Waals surface area contributed by atoms with Crippen LogP contribution in [0.4, 0.5) is 20.2 Å². The summed E-state index contributed by atoms with van der Waals surface area (Å²) in [6.45, 7) is 1.39. The molecule has 0 aliphatic carbocycles. The molecule has 20 heavy (non-hydrogen) atoms. The summed E-state index contributed by atoms with van der Waals surface area (Å²) in [6.07, 6.45) is 0.860. The smallest absolute Gasteiger partial charge is 0.184 e. The summed E-state index contributed by atoms with van der Waals surface area (Å²) in [5.41, 5.74) is 3.55. The van der Waals surface area contributed by atoms with E-state index in [9.17, 15) is 8.78 Å². The molecule has 1 unspecified atom stereocenters. The largest absolute Gasteiger partial charge is 0.381 e. The molecular weight excluding hydrogens is 258 g/mol. The van der Waals surface area contributed by atoms with Crippen LogP contribution in [-0.4, -0.2) is 12.6 Å². The van der Waals surface area contributed by atoms with Crippen LogP contribution >= 0.6 is 0 Å². The van der Waals surface area contributed by atoms with Crippen LogP contribution in [0.3, 0.4) is 0 Å². The first-order valence-electron chi connectivity index (χ1n) is 6.79. The predicted molar refractivity (Wildman–Crippen MR) is 75.0 cm³/mol. The van der Waals surface area contributed by atoms with Crippen LogP contribution in [0.2, 0.25) is 0 Å². The van der Waals surface area contributed by atoms with Crippen molar-refractivity contribution in [3.8, 4) is 0 Å². The van der Waals surface area contributed by atoms with Crippen molar-refractivity contribution in [3.63, 3.8) is 0 Å². The fourth-order valence-corrected chi connectivity index (χ4v) is 3.22. The summed E-state index contributed by atoms with van der Waals surface area (Å²) < 4.78 is 27.7.